The molecule has 0 spiro atoms. The van der Waals surface area contributed by atoms with E-state index in [1.165, 1.54) is 6.07 Å². The van der Waals surface area contributed by atoms with Crippen molar-refractivity contribution in [2.75, 3.05) is 44.7 Å². The molecule has 31 heavy (non-hydrogen) atoms. The number of nitrogens with one attached hydrogen (secondary N) is 2. The van der Waals surface area contributed by atoms with Gasteiger partial charge >= 0.3 is 0 Å². The van der Waals surface area contributed by atoms with E-state index in [4.69, 9.17) is 0 Å². The Morgan fingerprint density at radius 3 is 2.55 bits per heavy atom. The summed E-state index contributed by atoms with van der Waals surface area (Å²) in [6.07, 6.45) is 0.891. The van der Waals surface area contributed by atoms with Gasteiger partial charge in [0.05, 0.1) is 5.69 Å². The summed E-state index contributed by atoms with van der Waals surface area (Å²) in [5.74, 6) is -0.198. The van der Waals surface area contributed by atoms with Crippen molar-refractivity contribution in [1.29, 1.82) is 0 Å². The smallest absolute Gasteiger partial charge is 0.251 e. The van der Waals surface area contributed by atoms with Crippen LogP contribution >= 0.6 is 0 Å². The van der Waals surface area contributed by atoms with Crippen molar-refractivity contribution in [3.63, 3.8) is 0 Å². The van der Waals surface area contributed by atoms with E-state index >= 15 is 0 Å². The van der Waals surface area contributed by atoms with Crippen LogP contribution in [-0.2, 0) is 6.54 Å². The van der Waals surface area contributed by atoms with Crippen LogP contribution in [0.1, 0.15) is 29.3 Å². The van der Waals surface area contributed by atoms with Gasteiger partial charge in [-0.25, -0.2) is 8.78 Å². The molecule has 1 heterocycles. The first-order valence-corrected chi connectivity index (χ1v) is 10.5. The predicted molar refractivity (Wildman–Crippen MR) is 119 cm³/mol. The molecule has 0 radical (unpaired) electrons. The number of benzene rings is 2. The molecule has 1 amide bonds. The fourth-order valence-electron chi connectivity index (χ4n) is 3.56. The van der Waals surface area contributed by atoms with Crippen LogP contribution < -0.4 is 15.5 Å². The van der Waals surface area contributed by atoms with Crippen LogP contribution in [0.3, 0.4) is 0 Å². The molecule has 0 atom stereocenters. The Morgan fingerprint density at radius 1 is 1.06 bits per heavy atom. The zero-order valence-corrected chi connectivity index (χ0v) is 18.0. The van der Waals surface area contributed by atoms with Crippen LogP contribution in [0.25, 0.3) is 0 Å². The lowest BCUT2D eigenvalue weighted by molar-refractivity contribution is 0.0953. The summed E-state index contributed by atoms with van der Waals surface area (Å²) in [6.45, 7) is 5.59. The standard InChI is InChI=1S/C23H29F2N5O/c1-3-9-27-22(31)18-6-4-5-17(14-18)16-28-23(26-2)30-12-10-29(11-13-30)21-15-19(24)7-8-20(21)25/h4-8,14-15H,3,9-13,16H2,1-2H3,(H,26,28)(H,27,31). The predicted octanol–water partition coefficient (Wildman–Crippen LogP) is 3.00. The van der Waals surface area contributed by atoms with E-state index in [0.717, 1.165) is 30.1 Å². The van der Waals surface area contributed by atoms with E-state index in [1.807, 2.05) is 30.0 Å². The van der Waals surface area contributed by atoms with Crippen LogP contribution in [0.2, 0.25) is 0 Å². The second kappa shape index (κ2) is 10.7. The molecule has 6 nitrogen and oxygen atoms in total. The number of piperazine rings is 1. The molecule has 1 aliphatic rings. The van der Waals surface area contributed by atoms with Crippen molar-refractivity contribution in [1.82, 2.24) is 15.5 Å². The number of aliphatic imine (C=N–C) groups is 1. The summed E-state index contributed by atoms with van der Waals surface area (Å²) in [5, 5.41) is 6.21. The van der Waals surface area contributed by atoms with E-state index in [1.54, 1.807) is 13.1 Å². The average molecular weight is 430 g/mol. The van der Waals surface area contributed by atoms with Gasteiger partial charge in [0, 0.05) is 57.9 Å². The first-order chi connectivity index (χ1) is 15.0. The fourth-order valence-corrected chi connectivity index (χ4v) is 3.56. The summed E-state index contributed by atoms with van der Waals surface area (Å²) >= 11 is 0. The number of anilines is 1. The molecule has 1 aliphatic heterocycles. The van der Waals surface area contributed by atoms with Crippen molar-refractivity contribution < 1.29 is 13.6 Å². The van der Waals surface area contributed by atoms with Crippen LogP contribution in [0, 0.1) is 11.6 Å². The molecular formula is C23H29F2N5O. The number of carbonyl (C=O) groups excluding carboxylic acids is 1. The Bertz CT molecular complexity index is 926. The third kappa shape index (κ3) is 5.93. The van der Waals surface area contributed by atoms with Gasteiger partial charge in [-0.3, -0.25) is 9.79 Å². The molecule has 0 aromatic heterocycles. The molecule has 0 aliphatic carbocycles. The second-order valence-corrected chi connectivity index (χ2v) is 7.43. The van der Waals surface area contributed by atoms with Crippen molar-refractivity contribution >= 4 is 17.6 Å². The summed E-state index contributed by atoms with van der Waals surface area (Å²) in [4.78, 5) is 20.5. The second-order valence-electron chi connectivity index (χ2n) is 7.43. The summed E-state index contributed by atoms with van der Waals surface area (Å²) in [6, 6.07) is 11.0. The Hall–Kier alpha value is -3.16. The van der Waals surface area contributed by atoms with E-state index in [2.05, 4.69) is 20.5 Å². The SMILES string of the molecule is CCCNC(=O)c1cccc(CNC(=NC)N2CCN(c3cc(F)ccc3F)CC2)c1. The molecule has 2 N–H and O–H groups in total. The van der Waals surface area contributed by atoms with Crippen LogP contribution in [0.5, 0.6) is 0 Å². The third-order valence-corrected chi connectivity index (χ3v) is 5.22. The normalized spacial score (nSPS) is 14.5. The van der Waals surface area contributed by atoms with Gasteiger partial charge < -0.3 is 20.4 Å². The van der Waals surface area contributed by atoms with Crippen LogP contribution in [0.4, 0.5) is 14.5 Å². The molecular weight excluding hydrogens is 400 g/mol. The number of rotatable bonds is 6. The number of guanidine groups is 1. The molecule has 166 valence electrons. The van der Waals surface area contributed by atoms with Gasteiger partial charge in [-0.05, 0) is 36.2 Å². The number of carbonyl (C=O) groups is 1. The highest BCUT2D eigenvalue weighted by atomic mass is 19.1. The highest BCUT2D eigenvalue weighted by Crippen LogP contribution is 2.22. The van der Waals surface area contributed by atoms with E-state index < -0.39 is 11.6 Å². The topological polar surface area (TPSA) is 60.0 Å². The Morgan fingerprint density at radius 2 is 1.84 bits per heavy atom. The number of amides is 1. The Labute approximate surface area is 182 Å². The van der Waals surface area contributed by atoms with Gasteiger partial charge in [-0.2, -0.15) is 0 Å². The number of hydrogen-bond acceptors (Lipinski definition) is 3. The maximum Gasteiger partial charge on any atom is 0.251 e. The molecule has 0 bridgehead atoms. The zero-order valence-electron chi connectivity index (χ0n) is 18.0. The van der Waals surface area contributed by atoms with Crippen molar-refractivity contribution in [2.24, 2.45) is 4.99 Å². The number of halogens is 2. The van der Waals surface area contributed by atoms with Gasteiger partial charge in [0.25, 0.3) is 5.91 Å². The van der Waals surface area contributed by atoms with E-state index in [-0.39, 0.29) is 5.91 Å². The molecule has 1 saturated heterocycles. The van der Waals surface area contributed by atoms with Crippen LogP contribution in [0.15, 0.2) is 47.5 Å². The monoisotopic (exact) mass is 429 g/mol. The lowest BCUT2D eigenvalue weighted by atomic mass is 10.1. The first-order valence-electron chi connectivity index (χ1n) is 10.5. The van der Waals surface area contributed by atoms with Gasteiger partial charge in [-0.1, -0.05) is 19.1 Å². The molecule has 2 aromatic carbocycles. The van der Waals surface area contributed by atoms with Gasteiger partial charge in [0.15, 0.2) is 5.96 Å². The minimum Gasteiger partial charge on any atom is -0.366 e. The highest BCUT2D eigenvalue weighted by Gasteiger charge is 2.22. The quantitative estimate of drug-likeness (QED) is 0.548. The number of nitrogens with zero attached hydrogens (tertiary/aromatic N) is 3. The molecule has 0 saturated carbocycles. The maximum absolute atomic E-state index is 14.1. The first kappa shape index (κ1) is 22.5. The van der Waals surface area contributed by atoms with Crippen molar-refractivity contribution in [3.05, 3.63) is 65.2 Å². The van der Waals surface area contributed by atoms with Crippen molar-refractivity contribution in [3.8, 4) is 0 Å². The highest BCUT2D eigenvalue weighted by molar-refractivity contribution is 5.94. The molecule has 1 fully saturated rings. The third-order valence-electron chi connectivity index (χ3n) is 5.22. The molecule has 2 aromatic rings. The number of hydrogen-bond donors (Lipinski definition) is 2. The van der Waals surface area contributed by atoms with Crippen molar-refractivity contribution in [2.45, 2.75) is 19.9 Å². The largest absolute Gasteiger partial charge is 0.366 e. The summed E-state index contributed by atoms with van der Waals surface area (Å²) in [7, 11) is 1.72. The van der Waals surface area contributed by atoms with Gasteiger partial charge in [0.2, 0.25) is 0 Å². The summed E-state index contributed by atoms with van der Waals surface area (Å²) < 4.78 is 27.6. The van der Waals surface area contributed by atoms with E-state index in [0.29, 0.717) is 50.5 Å². The lowest BCUT2D eigenvalue weighted by Gasteiger charge is -2.37. The molecule has 8 heteroatoms. The Kier molecular flexibility index (Phi) is 7.81. The fraction of sp³-hybridized carbons (Fsp3) is 0.391. The minimum absolute atomic E-state index is 0.0752. The van der Waals surface area contributed by atoms with Gasteiger partial charge in [0.1, 0.15) is 11.6 Å². The minimum atomic E-state index is -0.443. The van der Waals surface area contributed by atoms with Crippen LogP contribution in [-0.4, -0.2) is 56.5 Å². The average Bonchev–Trinajstić information content (AvgIpc) is 2.80. The molecule has 0 unspecified atom stereocenters. The maximum atomic E-state index is 14.1. The van der Waals surface area contributed by atoms with Gasteiger partial charge in [-0.15, -0.1) is 0 Å². The zero-order chi connectivity index (χ0) is 22.2. The molecule has 3 rings (SSSR count). The summed E-state index contributed by atoms with van der Waals surface area (Å²) in [5.41, 5.74) is 1.90. The van der Waals surface area contributed by atoms with E-state index in [9.17, 15) is 13.6 Å². The lowest BCUT2D eigenvalue weighted by Crippen LogP contribution is -2.52. The Balaban J connectivity index is 1.56.